The van der Waals surface area contributed by atoms with Gasteiger partial charge in [-0.3, -0.25) is 9.69 Å². The lowest BCUT2D eigenvalue weighted by Crippen LogP contribution is -2.27. The van der Waals surface area contributed by atoms with Crippen molar-refractivity contribution in [2.45, 2.75) is 32.7 Å². The zero-order chi connectivity index (χ0) is 19.7. The summed E-state index contributed by atoms with van der Waals surface area (Å²) in [6.07, 6.45) is 2.42. The molecule has 0 spiro atoms. The van der Waals surface area contributed by atoms with E-state index in [1.165, 1.54) is 45.7 Å². The number of carbonyl (C=O) groups is 1. The average Bonchev–Trinajstić information content (AvgIpc) is 3.43. The number of halogens is 1. The van der Waals surface area contributed by atoms with Gasteiger partial charge >= 0.3 is 0 Å². The highest BCUT2D eigenvalue weighted by molar-refractivity contribution is 7.17. The lowest BCUT2D eigenvalue weighted by molar-refractivity contribution is 0.103. The van der Waals surface area contributed by atoms with Crippen LogP contribution >= 0.6 is 34.3 Å². The van der Waals surface area contributed by atoms with Crippen LogP contribution in [0.15, 0.2) is 41.8 Å². The Morgan fingerprint density at radius 2 is 1.86 bits per heavy atom. The molecule has 1 aliphatic rings. The minimum absolute atomic E-state index is 0.0335. The highest BCUT2D eigenvalue weighted by Gasteiger charge is 2.31. The Morgan fingerprint density at radius 1 is 1.14 bits per heavy atom. The fraction of sp³-hybridized carbons (Fsp3) is 0.318. The molecule has 4 rings (SSSR count). The van der Waals surface area contributed by atoms with Gasteiger partial charge in [-0.2, -0.15) is 0 Å². The average molecular weight is 431 g/mol. The van der Waals surface area contributed by atoms with E-state index < -0.39 is 0 Å². The van der Waals surface area contributed by atoms with Crippen molar-refractivity contribution < 1.29 is 4.79 Å². The van der Waals surface area contributed by atoms with Gasteiger partial charge in [-0.05, 0) is 74.5 Å². The van der Waals surface area contributed by atoms with Gasteiger partial charge in [0.2, 0.25) is 0 Å². The summed E-state index contributed by atoms with van der Waals surface area (Å²) in [7, 11) is 0. The Balaban J connectivity index is 1.77. The lowest BCUT2D eigenvalue weighted by Gasteiger charge is -2.29. The third-order valence-electron chi connectivity index (χ3n) is 5.37. The van der Waals surface area contributed by atoms with Gasteiger partial charge in [0.25, 0.3) is 5.91 Å². The predicted octanol–water partition coefficient (Wildman–Crippen LogP) is 6.52. The first-order valence-electron chi connectivity index (χ1n) is 9.49. The van der Waals surface area contributed by atoms with E-state index in [2.05, 4.69) is 36.2 Å². The molecule has 0 unspecified atom stereocenters. The van der Waals surface area contributed by atoms with Crippen molar-refractivity contribution >= 4 is 45.2 Å². The SMILES string of the molecule is Cc1sc(NC(=O)c2cccs2)c([C@H](c2ccc(Cl)cc2)N2CCCC2)c1C. The highest BCUT2D eigenvalue weighted by Crippen LogP contribution is 2.43. The first-order valence-corrected chi connectivity index (χ1v) is 11.6. The van der Waals surface area contributed by atoms with Crippen molar-refractivity contribution in [2.24, 2.45) is 0 Å². The fourth-order valence-corrected chi connectivity index (χ4v) is 5.68. The summed E-state index contributed by atoms with van der Waals surface area (Å²) in [5.74, 6) is -0.0335. The quantitative estimate of drug-likeness (QED) is 0.499. The summed E-state index contributed by atoms with van der Waals surface area (Å²) in [5.41, 5.74) is 3.70. The Kier molecular flexibility index (Phi) is 5.88. The molecule has 1 aromatic carbocycles. The number of nitrogens with zero attached hydrogens (tertiary/aromatic N) is 1. The Labute approximate surface area is 179 Å². The summed E-state index contributed by atoms with van der Waals surface area (Å²) < 4.78 is 0. The van der Waals surface area contributed by atoms with Crippen LogP contribution in [-0.2, 0) is 0 Å². The van der Waals surface area contributed by atoms with E-state index in [9.17, 15) is 4.79 Å². The first-order chi connectivity index (χ1) is 13.5. The monoisotopic (exact) mass is 430 g/mol. The molecule has 146 valence electrons. The van der Waals surface area contributed by atoms with Crippen LogP contribution in [0.5, 0.6) is 0 Å². The van der Waals surface area contributed by atoms with Gasteiger partial charge in [-0.25, -0.2) is 0 Å². The minimum atomic E-state index is -0.0335. The van der Waals surface area contributed by atoms with Crippen molar-refractivity contribution in [3.63, 3.8) is 0 Å². The summed E-state index contributed by atoms with van der Waals surface area (Å²) in [5, 5.41) is 6.83. The van der Waals surface area contributed by atoms with Gasteiger partial charge in [0.1, 0.15) is 5.00 Å². The molecule has 0 bridgehead atoms. The molecule has 1 saturated heterocycles. The van der Waals surface area contributed by atoms with Gasteiger partial charge in [0.05, 0.1) is 10.9 Å². The molecule has 3 nitrogen and oxygen atoms in total. The number of thiophene rings is 2. The van der Waals surface area contributed by atoms with E-state index in [0.29, 0.717) is 0 Å². The third kappa shape index (κ3) is 3.90. The second-order valence-corrected chi connectivity index (χ2v) is 9.76. The van der Waals surface area contributed by atoms with Crippen LogP contribution < -0.4 is 5.32 Å². The van der Waals surface area contributed by atoms with Gasteiger partial charge in [-0.1, -0.05) is 29.8 Å². The lowest BCUT2D eigenvalue weighted by atomic mass is 9.95. The molecule has 3 aromatic rings. The molecular formula is C22H23ClN2OS2. The van der Waals surface area contributed by atoms with E-state index >= 15 is 0 Å². The maximum atomic E-state index is 12.7. The maximum absolute atomic E-state index is 12.7. The Hall–Kier alpha value is -1.66. The fourth-order valence-electron chi connectivity index (χ4n) is 3.84. The number of hydrogen-bond acceptors (Lipinski definition) is 4. The van der Waals surface area contributed by atoms with Crippen LogP contribution in [0.3, 0.4) is 0 Å². The first kappa shape index (κ1) is 19.6. The Bertz CT molecular complexity index is 957. The maximum Gasteiger partial charge on any atom is 0.266 e. The standard InChI is InChI=1S/C22H23ClN2OS2/c1-14-15(2)28-22(24-21(26)18-6-5-13-27-18)19(14)20(25-11-3-4-12-25)16-7-9-17(23)10-8-16/h5-10,13,20H,3-4,11-12H2,1-2H3,(H,24,26)/t20-/m0/s1. The molecule has 1 fully saturated rings. The van der Waals surface area contributed by atoms with Gasteiger partial charge in [0, 0.05) is 15.5 Å². The van der Waals surface area contributed by atoms with Crippen molar-refractivity contribution in [3.05, 3.63) is 73.2 Å². The van der Waals surface area contributed by atoms with Crippen LogP contribution in [-0.4, -0.2) is 23.9 Å². The summed E-state index contributed by atoms with van der Waals surface area (Å²) in [6.45, 7) is 6.44. The van der Waals surface area contributed by atoms with Crippen LogP contribution in [0.1, 0.15) is 50.1 Å². The van der Waals surface area contributed by atoms with E-state index in [1.807, 2.05) is 29.6 Å². The number of carbonyl (C=O) groups excluding carboxylic acids is 1. The van der Waals surface area contributed by atoms with E-state index in [4.69, 9.17) is 11.6 Å². The topological polar surface area (TPSA) is 32.3 Å². The number of rotatable bonds is 5. The number of aryl methyl sites for hydroxylation is 1. The van der Waals surface area contributed by atoms with Crippen LogP contribution in [0.2, 0.25) is 5.02 Å². The molecule has 0 aliphatic carbocycles. The number of benzene rings is 1. The molecular weight excluding hydrogens is 408 g/mol. The Morgan fingerprint density at radius 3 is 2.50 bits per heavy atom. The second kappa shape index (κ2) is 8.37. The molecule has 0 radical (unpaired) electrons. The summed E-state index contributed by atoms with van der Waals surface area (Å²) >= 11 is 9.29. The zero-order valence-electron chi connectivity index (χ0n) is 16.0. The van der Waals surface area contributed by atoms with Gasteiger partial charge in [0.15, 0.2) is 0 Å². The van der Waals surface area contributed by atoms with E-state index in [1.54, 1.807) is 11.3 Å². The largest absolute Gasteiger partial charge is 0.313 e. The molecule has 1 N–H and O–H groups in total. The third-order valence-corrected chi connectivity index (χ3v) is 7.63. The van der Waals surface area contributed by atoms with E-state index in [0.717, 1.165) is 28.0 Å². The summed E-state index contributed by atoms with van der Waals surface area (Å²) in [4.78, 5) is 17.3. The smallest absolute Gasteiger partial charge is 0.266 e. The van der Waals surface area contributed by atoms with Crippen molar-refractivity contribution in [1.82, 2.24) is 4.90 Å². The normalized spacial score (nSPS) is 15.7. The summed E-state index contributed by atoms with van der Waals surface area (Å²) in [6, 6.07) is 12.0. The number of anilines is 1. The highest BCUT2D eigenvalue weighted by atomic mass is 35.5. The molecule has 6 heteroatoms. The molecule has 1 amide bonds. The van der Waals surface area contributed by atoms with E-state index in [-0.39, 0.29) is 11.9 Å². The second-order valence-electron chi connectivity index (χ2n) is 7.15. The van der Waals surface area contributed by atoms with Crippen LogP contribution in [0.25, 0.3) is 0 Å². The van der Waals surface area contributed by atoms with Crippen molar-refractivity contribution in [3.8, 4) is 0 Å². The van der Waals surface area contributed by atoms with Gasteiger partial charge < -0.3 is 5.32 Å². The molecule has 1 atom stereocenters. The van der Waals surface area contributed by atoms with Crippen LogP contribution in [0.4, 0.5) is 5.00 Å². The number of likely N-dealkylation sites (tertiary alicyclic amines) is 1. The van der Waals surface area contributed by atoms with Gasteiger partial charge in [-0.15, -0.1) is 22.7 Å². The molecule has 0 saturated carbocycles. The zero-order valence-corrected chi connectivity index (χ0v) is 18.4. The predicted molar refractivity (Wildman–Crippen MR) is 120 cm³/mol. The number of hydrogen-bond donors (Lipinski definition) is 1. The minimum Gasteiger partial charge on any atom is -0.313 e. The molecule has 3 heterocycles. The molecule has 1 aliphatic heterocycles. The van der Waals surface area contributed by atoms with Crippen LogP contribution in [0, 0.1) is 13.8 Å². The molecule has 2 aromatic heterocycles. The number of amides is 1. The number of nitrogens with one attached hydrogen (secondary N) is 1. The van der Waals surface area contributed by atoms with Crippen molar-refractivity contribution in [2.75, 3.05) is 18.4 Å². The molecule has 28 heavy (non-hydrogen) atoms. The van der Waals surface area contributed by atoms with Crippen molar-refractivity contribution in [1.29, 1.82) is 0 Å².